The molecule has 1 N–H and O–H groups in total. The topological polar surface area (TPSA) is 49.4 Å². The van der Waals surface area contributed by atoms with Gasteiger partial charge in [-0.05, 0) is 55.5 Å². The van der Waals surface area contributed by atoms with Crippen molar-refractivity contribution in [2.45, 2.75) is 6.92 Å². The molecule has 28 heavy (non-hydrogen) atoms. The monoisotopic (exact) mass is 380 g/mol. The maximum Gasteiger partial charge on any atom is 0.258 e. The molecule has 0 saturated carbocycles. The third-order valence-corrected chi connectivity index (χ3v) is 4.20. The van der Waals surface area contributed by atoms with Gasteiger partial charge in [0.1, 0.15) is 0 Å². The van der Waals surface area contributed by atoms with E-state index in [1.807, 2.05) is 37.3 Å². The van der Waals surface area contributed by atoms with Crippen LogP contribution in [-0.4, -0.2) is 18.4 Å². The zero-order chi connectivity index (χ0) is 20.1. The Balaban J connectivity index is 1.74. The van der Waals surface area contributed by atoms with Gasteiger partial charge in [-0.3, -0.25) is 9.59 Å². The van der Waals surface area contributed by atoms with Crippen LogP contribution >= 0.6 is 0 Å². The second-order valence-electron chi connectivity index (χ2n) is 6.05. The van der Waals surface area contributed by atoms with Gasteiger partial charge in [-0.2, -0.15) is 0 Å². The molecule has 0 spiro atoms. The van der Waals surface area contributed by atoms with E-state index in [4.69, 9.17) is 0 Å². The number of hydrogen-bond donors (Lipinski definition) is 1. The van der Waals surface area contributed by atoms with E-state index in [-0.39, 0.29) is 11.6 Å². The van der Waals surface area contributed by atoms with E-state index >= 15 is 0 Å². The van der Waals surface area contributed by atoms with Gasteiger partial charge in [0.15, 0.2) is 11.6 Å². The first kappa shape index (κ1) is 19.2. The first-order valence-corrected chi connectivity index (χ1v) is 8.73. The molecular weight excluding hydrogens is 362 g/mol. The Morgan fingerprint density at radius 2 is 1.50 bits per heavy atom. The van der Waals surface area contributed by atoms with Crippen molar-refractivity contribution in [3.63, 3.8) is 0 Å². The molecule has 3 aromatic carbocycles. The number of carbonyl (C=O) groups excluding carboxylic acids is 2. The minimum Gasteiger partial charge on any atom is -0.322 e. The molecule has 0 heterocycles. The van der Waals surface area contributed by atoms with Gasteiger partial charge in [-0.25, -0.2) is 8.78 Å². The molecule has 0 atom stereocenters. The Bertz CT molecular complexity index is 989. The number of rotatable bonds is 5. The van der Waals surface area contributed by atoms with Gasteiger partial charge in [0.05, 0.1) is 0 Å². The Hall–Kier alpha value is -3.54. The fourth-order valence-electron chi connectivity index (χ4n) is 2.75. The number of anilines is 2. The number of amides is 2. The summed E-state index contributed by atoms with van der Waals surface area (Å²) in [5.41, 5.74) is 1.67. The van der Waals surface area contributed by atoms with Gasteiger partial charge in [-0.15, -0.1) is 0 Å². The zero-order valence-electron chi connectivity index (χ0n) is 15.2. The molecule has 0 radical (unpaired) electrons. The molecule has 6 heteroatoms. The normalized spacial score (nSPS) is 10.4. The third kappa shape index (κ3) is 4.23. The van der Waals surface area contributed by atoms with E-state index in [0.29, 0.717) is 17.7 Å². The molecule has 0 unspecified atom stereocenters. The minimum absolute atomic E-state index is 0.144. The minimum atomic E-state index is -1.04. The summed E-state index contributed by atoms with van der Waals surface area (Å²) in [7, 11) is 0. The van der Waals surface area contributed by atoms with Crippen molar-refractivity contribution in [2.24, 2.45) is 0 Å². The fraction of sp³-hybridized carbons (Fsp3) is 0.0909. The summed E-state index contributed by atoms with van der Waals surface area (Å²) in [4.78, 5) is 26.7. The first-order chi connectivity index (χ1) is 13.5. The number of para-hydroxylation sites is 1. The Morgan fingerprint density at radius 3 is 2.11 bits per heavy atom. The highest BCUT2D eigenvalue weighted by Gasteiger charge is 2.16. The van der Waals surface area contributed by atoms with Crippen LogP contribution in [0.4, 0.5) is 20.2 Å². The van der Waals surface area contributed by atoms with E-state index in [1.165, 1.54) is 18.2 Å². The average Bonchev–Trinajstić information content (AvgIpc) is 2.72. The number of hydrogen-bond acceptors (Lipinski definition) is 2. The highest BCUT2D eigenvalue weighted by molar-refractivity contribution is 6.08. The molecule has 0 aromatic heterocycles. The van der Waals surface area contributed by atoms with Crippen molar-refractivity contribution >= 4 is 23.2 Å². The molecule has 0 fully saturated rings. The Kier molecular flexibility index (Phi) is 5.79. The van der Waals surface area contributed by atoms with Crippen LogP contribution in [0.1, 0.15) is 27.6 Å². The van der Waals surface area contributed by atoms with E-state index in [1.54, 1.807) is 17.0 Å². The molecular formula is C22H18F2N2O2. The molecule has 0 aliphatic heterocycles. The molecule has 0 saturated heterocycles. The van der Waals surface area contributed by atoms with Crippen LogP contribution in [-0.2, 0) is 0 Å². The third-order valence-electron chi connectivity index (χ3n) is 4.20. The largest absolute Gasteiger partial charge is 0.322 e. The van der Waals surface area contributed by atoms with Crippen molar-refractivity contribution < 1.29 is 18.4 Å². The van der Waals surface area contributed by atoms with Gasteiger partial charge in [-0.1, -0.05) is 18.2 Å². The van der Waals surface area contributed by atoms with Crippen molar-refractivity contribution in [3.8, 4) is 0 Å². The van der Waals surface area contributed by atoms with E-state index < -0.39 is 17.5 Å². The summed E-state index contributed by atoms with van der Waals surface area (Å²) in [5, 5.41) is 2.49. The molecule has 142 valence electrons. The summed E-state index contributed by atoms with van der Waals surface area (Å²) in [5.74, 6) is -2.69. The highest BCUT2D eigenvalue weighted by Crippen LogP contribution is 2.18. The second kappa shape index (κ2) is 8.43. The molecule has 4 nitrogen and oxygen atoms in total. The quantitative estimate of drug-likeness (QED) is 0.686. The second-order valence-corrected chi connectivity index (χ2v) is 6.05. The first-order valence-electron chi connectivity index (χ1n) is 8.73. The van der Waals surface area contributed by atoms with Crippen LogP contribution in [0.5, 0.6) is 0 Å². The SMILES string of the molecule is CCN(C(=O)c1ccc(C(=O)Nc2ccc(F)c(F)c2)cc1)c1ccccc1. The summed E-state index contributed by atoms with van der Waals surface area (Å²) < 4.78 is 26.2. The van der Waals surface area contributed by atoms with Crippen molar-refractivity contribution in [3.05, 3.63) is 95.6 Å². The lowest BCUT2D eigenvalue weighted by molar-refractivity contribution is 0.0985. The summed E-state index contributed by atoms with van der Waals surface area (Å²) in [6, 6.07) is 18.6. The predicted molar refractivity (Wildman–Crippen MR) is 105 cm³/mol. The lowest BCUT2D eigenvalue weighted by atomic mass is 10.1. The Morgan fingerprint density at radius 1 is 0.857 bits per heavy atom. The molecule has 0 aliphatic rings. The van der Waals surface area contributed by atoms with E-state index in [2.05, 4.69) is 5.32 Å². The number of nitrogens with zero attached hydrogens (tertiary/aromatic N) is 1. The van der Waals surface area contributed by atoms with Crippen LogP contribution in [0.3, 0.4) is 0 Å². The fourth-order valence-corrected chi connectivity index (χ4v) is 2.75. The number of halogens is 2. The standard InChI is InChI=1S/C22H18F2N2O2/c1-2-26(18-6-4-3-5-7-18)22(28)16-10-8-15(9-11-16)21(27)25-17-12-13-19(23)20(24)14-17/h3-14H,2H2,1H3,(H,25,27). The number of benzene rings is 3. The summed E-state index contributed by atoms with van der Waals surface area (Å²) in [6.07, 6.45) is 0. The summed E-state index contributed by atoms with van der Waals surface area (Å²) >= 11 is 0. The molecule has 0 bridgehead atoms. The summed E-state index contributed by atoms with van der Waals surface area (Å²) in [6.45, 7) is 2.38. The van der Waals surface area contributed by atoms with E-state index in [0.717, 1.165) is 17.8 Å². The molecule has 0 aliphatic carbocycles. The van der Waals surface area contributed by atoms with Gasteiger partial charge >= 0.3 is 0 Å². The van der Waals surface area contributed by atoms with Crippen molar-refractivity contribution in [2.75, 3.05) is 16.8 Å². The van der Waals surface area contributed by atoms with Gasteiger partial charge in [0, 0.05) is 35.1 Å². The predicted octanol–water partition coefficient (Wildman–Crippen LogP) is 4.88. The Labute approximate surface area is 161 Å². The van der Waals surface area contributed by atoms with Crippen molar-refractivity contribution in [1.82, 2.24) is 0 Å². The smallest absolute Gasteiger partial charge is 0.258 e. The van der Waals surface area contributed by atoms with Crippen LogP contribution in [0.2, 0.25) is 0 Å². The van der Waals surface area contributed by atoms with Crippen LogP contribution < -0.4 is 10.2 Å². The zero-order valence-corrected chi connectivity index (χ0v) is 15.2. The average molecular weight is 380 g/mol. The molecule has 3 rings (SSSR count). The molecule has 3 aromatic rings. The van der Waals surface area contributed by atoms with E-state index in [9.17, 15) is 18.4 Å². The number of carbonyl (C=O) groups is 2. The lowest BCUT2D eigenvalue weighted by Gasteiger charge is -2.21. The van der Waals surface area contributed by atoms with Crippen LogP contribution in [0, 0.1) is 11.6 Å². The van der Waals surface area contributed by atoms with Gasteiger partial charge < -0.3 is 10.2 Å². The lowest BCUT2D eigenvalue weighted by Crippen LogP contribution is -2.30. The highest BCUT2D eigenvalue weighted by atomic mass is 19.2. The molecule has 2 amide bonds. The maximum absolute atomic E-state index is 13.3. The van der Waals surface area contributed by atoms with Crippen molar-refractivity contribution in [1.29, 1.82) is 0 Å². The van der Waals surface area contributed by atoms with Crippen LogP contribution in [0.25, 0.3) is 0 Å². The van der Waals surface area contributed by atoms with Crippen LogP contribution in [0.15, 0.2) is 72.8 Å². The maximum atomic E-state index is 13.3. The van der Waals surface area contributed by atoms with Gasteiger partial charge in [0.25, 0.3) is 11.8 Å². The number of nitrogens with one attached hydrogen (secondary N) is 1. The van der Waals surface area contributed by atoms with Gasteiger partial charge in [0.2, 0.25) is 0 Å².